The van der Waals surface area contributed by atoms with Crippen LogP contribution in [0.3, 0.4) is 0 Å². The molecule has 1 amide bonds. The van der Waals surface area contributed by atoms with Gasteiger partial charge in [0.25, 0.3) is 0 Å². The van der Waals surface area contributed by atoms with Gasteiger partial charge in [0, 0.05) is 31.9 Å². The SMILES string of the molecule is CN(C(=O)/C=C/c1cnn(C)c1)[C@@H]1CCCC[C@@H](O)[C@@H]1O. The summed E-state index contributed by atoms with van der Waals surface area (Å²) in [5.41, 5.74) is 0.848. The number of amides is 1. The number of rotatable bonds is 3. The van der Waals surface area contributed by atoms with Crippen LogP contribution in [0.5, 0.6) is 0 Å². The van der Waals surface area contributed by atoms with Gasteiger partial charge in [-0.2, -0.15) is 5.10 Å². The van der Waals surface area contributed by atoms with Crippen molar-refractivity contribution in [3.05, 3.63) is 24.0 Å². The van der Waals surface area contributed by atoms with Crippen LogP contribution in [0.1, 0.15) is 31.2 Å². The molecule has 1 fully saturated rings. The van der Waals surface area contributed by atoms with E-state index >= 15 is 0 Å². The quantitative estimate of drug-likeness (QED) is 0.630. The van der Waals surface area contributed by atoms with Crippen molar-refractivity contribution < 1.29 is 15.0 Å². The molecule has 2 N–H and O–H groups in total. The van der Waals surface area contributed by atoms with Gasteiger partial charge >= 0.3 is 0 Å². The predicted octanol–water partition coefficient (Wildman–Crippen LogP) is 0.556. The van der Waals surface area contributed by atoms with Crippen LogP contribution in [0.25, 0.3) is 6.08 Å². The minimum Gasteiger partial charge on any atom is -0.390 e. The van der Waals surface area contributed by atoms with E-state index < -0.39 is 12.2 Å². The lowest BCUT2D eigenvalue weighted by atomic mass is 10.0. The lowest BCUT2D eigenvalue weighted by molar-refractivity contribution is -0.131. The first kappa shape index (κ1) is 15.7. The molecule has 2 rings (SSSR count). The summed E-state index contributed by atoms with van der Waals surface area (Å²) < 4.78 is 1.67. The van der Waals surface area contributed by atoms with Gasteiger partial charge in [0.15, 0.2) is 0 Å². The smallest absolute Gasteiger partial charge is 0.246 e. The van der Waals surface area contributed by atoms with Crippen LogP contribution >= 0.6 is 0 Å². The number of aryl methyl sites for hydroxylation is 1. The Balaban J connectivity index is 2.02. The number of carbonyl (C=O) groups is 1. The van der Waals surface area contributed by atoms with E-state index in [1.165, 1.54) is 11.0 Å². The Morgan fingerprint density at radius 1 is 1.43 bits per heavy atom. The second-order valence-electron chi connectivity index (χ2n) is 5.64. The largest absolute Gasteiger partial charge is 0.390 e. The molecular formula is C15H23N3O3. The molecule has 0 spiro atoms. The van der Waals surface area contributed by atoms with Gasteiger partial charge in [0.05, 0.1) is 18.3 Å². The van der Waals surface area contributed by atoms with Crippen molar-refractivity contribution in [1.29, 1.82) is 0 Å². The first-order chi connectivity index (χ1) is 9.99. The second kappa shape index (κ2) is 6.87. The molecule has 6 heteroatoms. The molecule has 0 aliphatic heterocycles. The summed E-state index contributed by atoms with van der Waals surface area (Å²) in [6, 6.07) is -0.339. The van der Waals surface area contributed by atoms with Gasteiger partial charge < -0.3 is 15.1 Å². The van der Waals surface area contributed by atoms with Crippen LogP contribution in [0, 0.1) is 0 Å². The Morgan fingerprint density at radius 3 is 2.81 bits per heavy atom. The average molecular weight is 293 g/mol. The van der Waals surface area contributed by atoms with E-state index in [1.54, 1.807) is 24.0 Å². The number of likely N-dealkylation sites (N-methyl/N-ethyl adjacent to an activating group) is 1. The molecule has 0 radical (unpaired) electrons. The molecule has 1 saturated carbocycles. The average Bonchev–Trinajstić information content (AvgIpc) is 2.81. The van der Waals surface area contributed by atoms with Gasteiger partial charge in [-0.05, 0) is 18.9 Å². The van der Waals surface area contributed by atoms with E-state index in [0.717, 1.165) is 18.4 Å². The number of hydrogen-bond acceptors (Lipinski definition) is 4. The maximum absolute atomic E-state index is 12.2. The highest BCUT2D eigenvalue weighted by Gasteiger charge is 2.32. The molecule has 0 aromatic carbocycles. The Bertz CT molecular complexity index is 512. The molecule has 1 heterocycles. The van der Waals surface area contributed by atoms with Crippen molar-refractivity contribution in [1.82, 2.24) is 14.7 Å². The molecule has 116 valence electrons. The van der Waals surface area contributed by atoms with E-state index in [2.05, 4.69) is 5.10 Å². The van der Waals surface area contributed by atoms with Crippen LogP contribution in [0.4, 0.5) is 0 Å². The summed E-state index contributed by atoms with van der Waals surface area (Å²) in [7, 11) is 3.48. The van der Waals surface area contributed by atoms with Crippen molar-refractivity contribution in [3.63, 3.8) is 0 Å². The van der Waals surface area contributed by atoms with Crippen molar-refractivity contribution in [2.45, 2.75) is 43.9 Å². The van der Waals surface area contributed by atoms with Crippen LogP contribution in [-0.4, -0.2) is 56.1 Å². The Hall–Kier alpha value is -1.66. The summed E-state index contributed by atoms with van der Waals surface area (Å²) >= 11 is 0. The van der Waals surface area contributed by atoms with Crippen molar-refractivity contribution in [2.24, 2.45) is 7.05 Å². The van der Waals surface area contributed by atoms with E-state index in [4.69, 9.17) is 0 Å². The maximum Gasteiger partial charge on any atom is 0.246 e. The number of carbonyl (C=O) groups excluding carboxylic acids is 1. The second-order valence-corrected chi connectivity index (χ2v) is 5.64. The van der Waals surface area contributed by atoms with E-state index in [0.29, 0.717) is 12.8 Å². The summed E-state index contributed by atoms with van der Waals surface area (Å²) in [6.45, 7) is 0. The first-order valence-corrected chi connectivity index (χ1v) is 7.28. The number of aliphatic hydroxyl groups excluding tert-OH is 2. The molecule has 1 aliphatic rings. The van der Waals surface area contributed by atoms with Gasteiger partial charge in [-0.15, -0.1) is 0 Å². The van der Waals surface area contributed by atoms with Gasteiger partial charge in [-0.3, -0.25) is 9.48 Å². The maximum atomic E-state index is 12.2. The van der Waals surface area contributed by atoms with Crippen molar-refractivity contribution in [3.8, 4) is 0 Å². The lowest BCUT2D eigenvalue weighted by Gasteiger charge is -2.31. The fourth-order valence-electron chi connectivity index (χ4n) is 2.70. The molecule has 6 nitrogen and oxygen atoms in total. The number of aromatic nitrogens is 2. The number of nitrogens with zero attached hydrogens (tertiary/aromatic N) is 3. The highest BCUT2D eigenvalue weighted by atomic mass is 16.3. The lowest BCUT2D eigenvalue weighted by Crippen LogP contribution is -2.48. The Morgan fingerprint density at radius 2 is 2.14 bits per heavy atom. The number of hydrogen-bond donors (Lipinski definition) is 2. The predicted molar refractivity (Wildman–Crippen MR) is 79.3 cm³/mol. The van der Waals surface area contributed by atoms with Gasteiger partial charge in [0.2, 0.25) is 5.91 Å². The summed E-state index contributed by atoms with van der Waals surface area (Å²) in [4.78, 5) is 13.7. The van der Waals surface area contributed by atoms with E-state index in [-0.39, 0.29) is 11.9 Å². The minimum absolute atomic E-state index is 0.183. The zero-order chi connectivity index (χ0) is 15.4. The van der Waals surface area contributed by atoms with E-state index in [1.807, 2.05) is 13.2 Å². The van der Waals surface area contributed by atoms with Crippen LogP contribution in [-0.2, 0) is 11.8 Å². The van der Waals surface area contributed by atoms with Gasteiger partial charge in [-0.1, -0.05) is 12.8 Å². The molecule has 3 atom stereocenters. The highest BCUT2D eigenvalue weighted by molar-refractivity contribution is 5.91. The van der Waals surface area contributed by atoms with Gasteiger partial charge in [-0.25, -0.2) is 0 Å². The number of aliphatic hydroxyl groups is 2. The zero-order valence-corrected chi connectivity index (χ0v) is 12.5. The first-order valence-electron chi connectivity index (χ1n) is 7.28. The highest BCUT2D eigenvalue weighted by Crippen LogP contribution is 2.22. The van der Waals surface area contributed by atoms with Crippen LogP contribution in [0.15, 0.2) is 18.5 Å². The van der Waals surface area contributed by atoms with Crippen molar-refractivity contribution in [2.75, 3.05) is 7.05 Å². The Labute approximate surface area is 124 Å². The minimum atomic E-state index is -0.881. The molecule has 21 heavy (non-hydrogen) atoms. The zero-order valence-electron chi connectivity index (χ0n) is 12.5. The molecule has 0 saturated heterocycles. The van der Waals surface area contributed by atoms with Crippen LogP contribution in [0.2, 0.25) is 0 Å². The monoisotopic (exact) mass is 293 g/mol. The van der Waals surface area contributed by atoms with Crippen molar-refractivity contribution >= 4 is 12.0 Å². The standard InChI is InChI=1S/C15H23N3O3/c1-17-10-11(9-16-17)7-8-14(20)18(2)12-5-3-4-6-13(19)15(12)21/h7-10,12-13,15,19,21H,3-6H2,1-2H3/b8-7+/t12-,13-,15-/m1/s1. The van der Waals surface area contributed by atoms with Crippen LogP contribution < -0.4 is 0 Å². The topological polar surface area (TPSA) is 78.6 Å². The summed E-state index contributed by atoms with van der Waals surface area (Å²) in [6.07, 6.45) is 8.11. The normalized spacial score (nSPS) is 26.8. The molecular weight excluding hydrogens is 270 g/mol. The molecule has 0 unspecified atom stereocenters. The fraction of sp³-hybridized carbons (Fsp3) is 0.600. The Kier molecular flexibility index (Phi) is 5.14. The third-order valence-electron chi connectivity index (χ3n) is 4.03. The molecule has 1 aromatic heterocycles. The summed E-state index contributed by atoms with van der Waals surface area (Å²) in [5.74, 6) is -0.183. The fourth-order valence-corrected chi connectivity index (χ4v) is 2.70. The van der Waals surface area contributed by atoms with Gasteiger partial charge in [0.1, 0.15) is 6.10 Å². The third-order valence-corrected chi connectivity index (χ3v) is 4.03. The molecule has 0 bridgehead atoms. The third kappa shape index (κ3) is 3.92. The van der Waals surface area contributed by atoms with E-state index in [9.17, 15) is 15.0 Å². The molecule has 1 aliphatic carbocycles. The summed E-state index contributed by atoms with van der Waals surface area (Å²) in [5, 5.41) is 24.0. The molecule has 1 aromatic rings.